The van der Waals surface area contributed by atoms with Gasteiger partial charge in [0.15, 0.2) is 0 Å². The number of hydrogen-bond donors (Lipinski definition) is 0. The van der Waals surface area contributed by atoms with Crippen LogP contribution in [-0.2, 0) is 0 Å². The number of piperazine rings is 1. The maximum absolute atomic E-state index is 5.94. The van der Waals surface area contributed by atoms with Crippen molar-refractivity contribution >= 4 is 17.3 Å². The lowest BCUT2D eigenvalue weighted by molar-refractivity contribution is 0.344. The Morgan fingerprint density at radius 3 is 2.50 bits per heavy atom. The number of halogens is 1. The van der Waals surface area contributed by atoms with Crippen LogP contribution in [0.15, 0.2) is 24.3 Å². The van der Waals surface area contributed by atoms with Crippen LogP contribution in [0.5, 0.6) is 0 Å². The predicted molar refractivity (Wildman–Crippen MR) is 60.6 cm³/mol. The van der Waals surface area contributed by atoms with Gasteiger partial charge in [-0.05, 0) is 18.2 Å². The summed E-state index contributed by atoms with van der Waals surface area (Å²) in [5.74, 6) is 0. The molecule has 0 aliphatic carbocycles. The van der Waals surface area contributed by atoms with Gasteiger partial charge in [0.05, 0.1) is 0 Å². The van der Waals surface area contributed by atoms with E-state index in [-0.39, 0.29) is 0 Å². The molecule has 0 spiro atoms. The highest BCUT2D eigenvalue weighted by molar-refractivity contribution is 6.30. The van der Waals surface area contributed by atoms with E-state index in [0.29, 0.717) is 0 Å². The molecule has 2 nitrogen and oxygen atoms in total. The van der Waals surface area contributed by atoms with Gasteiger partial charge in [0.1, 0.15) is 0 Å². The molecule has 1 aromatic rings. The molecular weight excluding hydrogens is 196 g/mol. The van der Waals surface area contributed by atoms with Crippen LogP contribution in [0.1, 0.15) is 0 Å². The molecule has 1 radical (unpaired) electrons. The fraction of sp³-hybridized carbons (Fsp3) is 0.364. The average molecular weight is 210 g/mol. The molecule has 0 bridgehead atoms. The third-order valence-corrected chi connectivity index (χ3v) is 2.78. The minimum Gasteiger partial charge on any atom is -0.369 e. The summed E-state index contributed by atoms with van der Waals surface area (Å²) in [6, 6.07) is 8.02. The predicted octanol–water partition coefficient (Wildman–Crippen LogP) is 2.25. The Bertz CT molecular complexity index is 306. The summed E-state index contributed by atoms with van der Waals surface area (Å²) in [6.07, 6.45) is 0. The molecule has 1 aromatic carbocycles. The lowest BCUT2D eigenvalue weighted by Crippen LogP contribution is -2.43. The van der Waals surface area contributed by atoms with Crippen LogP contribution in [-0.4, -0.2) is 31.1 Å². The van der Waals surface area contributed by atoms with Crippen molar-refractivity contribution in [2.45, 2.75) is 0 Å². The number of nitrogens with zero attached hydrogens (tertiary/aromatic N) is 2. The van der Waals surface area contributed by atoms with Gasteiger partial charge in [-0.15, -0.1) is 0 Å². The first kappa shape index (κ1) is 9.81. The monoisotopic (exact) mass is 209 g/mol. The molecule has 0 atom stereocenters. The summed E-state index contributed by atoms with van der Waals surface area (Å²) in [5.41, 5.74) is 1.21. The number of hydrogen-bond acceptors (Lipinski definition) is 2. The minimum absolute atomic E-state index is 0.805. The van der Waals surface area contributed by atoms with Gasteiger partial charge in [-0.1, -0.05) is 17.7 Å². The second-order valence-corrected chi connectivity index (χ2v) is 4.02. The summed E-state index contributed by atoms with van der Waals surface area (Å²) in [5, 5.41) is 0.805. The van der Waals surface area contributed by atoms with Crippen LogP contribution in [0.25, 0.3) is 0 Å². The third kappa shape index (κ3) is 2.20. The van der Waals surface area contributed by atoms with E-state index in [1.165, 1.54) is 5.69 Å². The summed E-state index contributed by atoms with van der Waals surface area (Å²) in [6.45, 7) is 4.10. The number of benzene rings is 1. The molecular formula is C11H14ClN2. The maximum atomic E-state index is 5.94. The van der Waals surface area contributed by atoms with Crippen LogP contribution in [0.4, 0.5) is 5.69 Å². The fourth-order valence-corrected chi connectivity index (χ4v) is 1.86. The third-order valence-electron chi connectivity index (χ3n) is 2.55. The van der Waals surface area contributed by atoms with E-state index in [0.717, 1.165) is 31.2 Å². The zero-order valence-corrected chi connectivity index (χ0v) is 8.87. The van der Waals surface area contributed by atoms with Crippen molar-refractivity contribution in [1.29, 1.82) is 0 Å². The Morgan fingerprint density at radius 2 is 1.86 bits per heavy atom. The topological polar surface area (TPSA) is 6.48 Å². The lowest BCUT2D eigenvalue weighted by atomic mass is 10.2. The molecule has 2 rings (SSSR count). The molecule has 1 aliphatic heterocycles. The van der Waals surface area contributed by atoms with Crippen LogP contribution in [0.2, 0.25) is 5.02 Å². The Kier molecular flexibility index (Phi) is 2.94. The van der Waals surface area contributed by atoms with E-state index in [9.17, 15) is 0 Å². The van der Waals surface area contributed by atoms with Gasteiger partial charge in [-0.3, -0.25) is 4.90 Å². The van der Waals surface area contributed by atoms with E-state index in [1.54, 1.807) is 0 Å². The average Bonchev–Trinajstić information content (AvgIpc) is 2.19. The zero-order valence-electron chi connectivity index (χ0n) is 8.12. The van der Waals surface area contributed by atoms with Crippen molar-refractivity contribution in [3.8, 4) is 0 Å². The maximum Gasteiger partial charge on any atom is 0.0426 e. The zero-order chi connectivity index (χ0) is 9.97. The summed E-state index contributed by atoms with van der Waals surface area (Å²) < 4.78 is 0. The van der Waals surface area contributed by atoms with Crippen LogP contribution < -0.4 is 4.90 Å². The van der Waals surface area contributed by atoms with Gasteiger partial charge in [0.25, 0.3) is 0 Å². The molecule has 75 valence electrons. The summed E-state index contributed by atoms with van der Waals surface area (Å²) >= 11 is 5.94. The number of anilines is 1. The number of rotatable bonds is 1. The Hall–Kier alpha value is -0.730. The largest absolute Gasteiger partial charge is 0.369 e. The molecule has 14 heavy (non-hydrogen) atoms. The minimum atomic E-state index is 0.805. The van der Waals surface area contributed by atoms with Crippen molar-refractivity contribution in [3.63, 3.8) is 0 Å². The van der Waals surface area contributed by atoms with Gasteiger partial charge < -0.3 is 4.90 Å². The van der Waals surface area contributed by atoms with E-state index in [2.05, 4.69) is 22.9 Å². The molecule has 0 aromatic heterocycles. The molecule has 1 heterocycles. The highest BCUT2D eigenvalue weighted by atomic mass is 35.5. The highest BCUT2D eigenvalue weighted by Crippen LogP contribution is 2.20. The van der Waals surface area contributed by atoms with Crippen molar-refractivity contribution in [2.24, 2.45) is 0 Å². The molecule has 1 saturated heterocycles. The molecule has 0 N–H and O–H groups in total. The first-order valence-electron chi connectivity index (χ1n) is 4.82. The fourth-order valence-electron chi connectivity index (χ4n) is 1.68. The van der Waals surface area contributed by atoms with E-state index in [4.69, 9.17) is 11.6 Å². The Labute approximate surface area is 90.1 Å². The van der Waals surface area contributed by atoms with Gasteiger partial charge in [-0.2, -0.15) is 0 Å². The van der Waals surface area contributed by atoms with Crippen molar-refractivity contribution < 1.29 is 0 Å². The first-order valence-corrected chi connectivity index (χ1v) is 5.19. The SMILES string of the molecule is [CH2]N1CCN(c2cccc(Cl)c2)CC1. The second-order valence-electron chi connectivity index (χ2n) is 3.58. The summed E-state index contributed by atoms with van der Waals surface area (Å²) in [7, 11) is 3.92. The van der Waals surface area contributed by atoms with Gasteiger partial charge >= 0.3 is 0 Å². The van der Waals surface area contributed by atoms with E-state index >= 15 is 0 Å². The van der Waals surface area contributed by atoms with E-state index < -0.39 is 0 Å². The van der Waals surface area contributed by atoms with Gasteiger partial charge in [0, 0.05) is 43.9 Å². The van der Waals surface area contributed by atoms with Crippen molar-refractivity contribution in [1.82, 2.24) is 4.90 Å². The molecule has 3 heteroatoms. The molecule has 1 aliphatic rings. The van der Waals surface area contributed by atoms with Crippen LogP contribution in [0.3, 0.4) is 0 Å². The molecule has 0 amide bonds. The lowest BCUT2D eigenvalue weighted by Gasteiger charge is -2.33. The Balaban J connectivity index is 2.08. The molecule has 0 saturated carbocycles. The van der Waals surface area contributed by atoms with Gasteiger partial charge in [-0.25, -0.2) is 0 Å². The highest BCUT2D eigenvalue weighted by Gasteiger charge is 2.13. The van der Waals surface area contributed by atoms with E-state index in [1.807, 2.05) is 18.2 Å². The Morgan fingerprint density at radius 1 is 1.14 bits per heavy atom. The molecule has 0 unspecified atom stereocenters. The smallest absolute Gasteiger partial charge is 0.0426 e. The van der Waals surface area contributed by atoms with Crippen LogP contribution >= 0.6 is 11.6 Å². The van der Waals surface area contributed by atoms with Gasteiger partial charge in [0.2, 0.25) is 0 Å². The van der Waals surface area contributed by atoms with Crippen molar-refractivity contribution in [2.75, 3.05) is 31.1 Å². The first-order chi connectivity index (χ1) is 6.75. The standard InChI is InChI=1S/C11H14ClN2/c1-13-5-7-14(8-6-13)11-4-2-3-10(12)9-11/h2-4,9H,1,5-8H2. The normalized spacial score (nSPS) is 18.6. The second kappa shape index (κ2) is 4.20. The van der Waals surface area contributed by atoms with Crippen molar-refractivity contribution in [3.05, 3.63) is 36.3 Å². The summed E-state index contributed by atoms with van der Waals surface area (Å²) in [4.78, 5) is 4.44. The van der Waals surface area contributed by atoms with Crippen LogP contribution in [0, 0.1) is 7.05 Å². The quantitative estimate of drug-likeness (QED) is 0.700. The molecule has 1 fully saturated rings.